The Labute approximate surface area is 112 Å². The molecule has 0 saturated carbocycles. The second kappa shape index (κ2) is 6.00. The van der Waals surface area contributed by atoms with Crippen molar-refractivity contribution in [1.29, 1.82) is 0 Å². The minimum Gasteiger partial charge on any atom is -0.480 e. The van der Waals surface area contributed by atoms with E-state index in [9.17, 15) is 9.59 Å². The van der Waals surface area contributed by atoms with E-state index in [1.807, 2.05) is 0 Å². The molecule has 0 aromatic rings. The fraction of sp³-hybridized carbons (Fsp3) is 0.800. The minimum atomic E-state index is -0.955. The molecular formula is C10H16Br2O4. The van der Waals surface area contributed by atoms with Gasteiger partial charge in [-0.1, -0.05) is 31.9 Å². The summed E-state index contributed by atoms with van der Waals surface area (Å²) >= 11 is 6.28. The Kier molecular flexibility index (Phi) is 5.96. The van der Waals surface area contributed by atoms with Crippen LogP contribution in [0.3, 0.4) is 0 Å². The molecule has 0 rings (SSSR count). The van der Waals surface area contributed by atoms with Gasteiger partial charge >= 0.3 is 11.9 Å². The smallest absolute Gasteiger partial charge is 0.322 e. The van der Waals surface area contributed by atoms with Gasteiger partial charge in [-0.25, -0.2) is 0 Å². The third-order valence-electron chi connectivity index (χ3n) is 1.96. The van der Waals surface area contributed by atoms with Crippen LogP contribution in [0.4, 0.5) is 0 Å². The topological polar surface area (TPSA) is 63.6 Å². The maximum Gasteiger partial charge on any atom is 0.322 e. The Morgan fingerprint density at radius 2 is 1.75 bits per heavy atom. The highest BCUT2D eigenvalue weighted by atomic mass is 79.9. The van der Waals surface area contributed by atoms with Gasteiger partial charge in [0.25, 0.3) is 0 Å². The lowest BCUT2D eigenvalue weighted by Crippen LogP contribution is -2.29. The highest BCUT2D eigenvalue weighted by Gasteiger charge is 2.29. The maximum absolute atomic E-state index is 11.3. The molecule has 1 atom stereocenters. The normalized spacial score (nSPS) is 15.3. The molecule has 1 unspecified atom stereocenters. The fourth-order valence-electron chi connectivity index (χ4n) is 0.848. The molecule has 0 aromatic heterocycles. The molecule has 0 bridgehead atoms. The van der Waals surface area contributed by atoms with Crippen LogP contribution in [0.25, 0.3) is 0 Å². The van der Waals surface area contributed by atoms with Gasteiger partial charge in [0.15, 0.2) is 0 Å². The van der Waals surface area contributed by atoms with Gasteiger partial charge < -0.3 is 9.84 Å². The third kappa shape index (κ3) is 5.84. The molecule has 0 saturated heterocycles. The van der Waals surface area contributed by atoms with Crippen molar-refractivity contribution in [2.24, 2.45) is 0 Å². The number of alkyl halides is 2. The lowest BCUT2D eigenvalue weighted by atomic mass is 10.1. The zero-order valence-corrected chi connectivity index (χ0v) is 12.7. The number of rotatable bonds is 6. The van der Waals surface area contributed by atoms with Crippen molar-refractivity contribution < 1.29 is 19.4 Å². The lowest BCUT2D eigenvalue weighted by molar-refractivity contribution is -0.145. The van der Waals surface area contributed by atoms with Crippen molar-refractivity contribution in [3.8, 4) is 0 Å². The van der Waals surface area contributed by atoms with Crippen LogP contribution in [0.5, 0.6) is 0 Å². The number of hydrogen-bond donors (Lipinski definition) is 1. The molecule has 0 aliphatic rings. The van der Waals surface area contributed by atoms with Gasteiger partial charge in [0.2, 0.25) is 0 Å². The van der Waals surface area contributed by atoms with Crippen LogP contribution in [-0.4, -0.2) is 32.3 Å². The number of esters is 1. The Hall–Kier alpha value is -0.100. The van der Waals surface area contributed by atoms with E-state index in [2.05, 4.69) is 31.9 Å². The van der Waals surface area contributed by atoms with E-state index in [0.717, 1.165) is 0 Å². The van der Waals surface area contributed by atoms with Crippen LogP contribution in [-0.2, 0) is 14.3 Å². The zero-order chi connectivity index (χ0) is 13.0. The van der Waals surface area contributed by atoms with Crippen molar-refractivity contribution in [2.45, 2.75) is 42.3 Å². The Morgan fingerprint density at radius 1 is 1.25 bits per heavy atom. The number of carboxylic acids is 1. The molecule has 0 spiro atoms. The van der Waals surface area contributed by atoms with Gasteiger partial charge in [0, 0.05) is 0 Å². The number of halogens is 2. The summed E-state index contributed by atoms with van der Waals surface area (Å²) in [4.78, 5) is 22.1. The largest absolute Gasteiger partial charge is 0.480 e. The molecule has 1 N–H and O–H groups in total. The van der Waals surface area contributed by atoms with Crippen LogP contribution in [0, 0.1) is 0 Å². The average molecular weight is 360 g/mol. The van der Waals surface area contributed by atoms with Gasteiger partial charge in [-0.3, -0.25) is 9.59 Å². The summed E-state index contributed by atoms with van der Waals surface area (Å²) in [7, 11) is 0. The molecule has 6 heteroatoms. The maximum atomic E-state index is 11.3. The first-order valence-corrected chi connectivity index (χ1v) is 6.44. The lowest BCUT2D eigenvalue weighted by Gasteiger charge is -2.18. The zero-order valence-electron chi connectivity index (χ0n) is 9.55. The number of ether oxygens (including phenoxy) is 1. The molecule has 94 valence electrons. The van der Waals surface area contributed by atoms with Crippen molar-refractivity contribution >= 4 is 43.8 Å². The van der Waals surface area contributed by atoms with Crippen molar-refractivity contribution in [1.82, 2.24) is 0 Å². The number of carboxylic acid groups (broad SMARTS) is 1. The van der Waals surface area contributed by atoms with Crippen LogP contribution in [0.15, 0.2) is 0 Å². The van der Waals surface area contributed by atoms with Crippen molar-refractivity contribution in [2.75, 3.05) is 6.61 Å². The van der Waals surface area contributed by atoms with E-state index in [0.29, 0.717) is 12.8 Å². The molecule has 0 heterocycles. The summed E-state index contributed by atoms with van der Waals surface area (Å²) in [6, 6.07) is 0. The first kappa shape index (κ1) is 15.9. The predicted octanol–water partition coefficient (Wildman–Crippen LogP) is 2.72. The summed E-state index contributed by atoms with van der Waals surface area (Å²) < 4.78 is 3.33. The summed E-state index contributed by atoms with van der Waals surface area (Å²) in [6.45, 7) is 5.19. The van der Waals surface area contributed by atoms with Crippen LogP contribution >= 0.6 is 31.9 Å². The minimum absolute atomic E-state index is 0.225. The van der Waals surface area contributed by atoms with E-state index in [4.69, 9.17) is 9.84 Å². The second-order valence-corrected chi connectivity index (χ2v) is 7.95. The number of carbonyl (C=O) groups excluding carboxylic acids is 1. The highest BCUT2D eigenvalue weighted by molar-refractivity contribution is 9.10. The van der Waals surface area contributed by atoms with E-state index >= 15 is 0 Å². The fourth-order valence-corrected chi connectivity index (χ4v) is 1.24. The average Bonchev–Trinajstić information content (AvgIpc) is 2.10. The van der Waals surface area contributed by atoms with E-state index in [-0.39, 0.29) is 12.6 Å². The van der Waals surface area contributed by atoms with Crippen LogP contribution < -0.4 is 0 Å². The molecule has 0 amide bonds. The van der Waals surface area contributed by atoms with Gasteiger partial charge in [0.05, 0.1) is 6.61 Å². The third-order valence-corrected chi connectivity index (χ3v) is 3.01. The summed E-state index contributed by atoms with van der Waals surface area (Å²) in [5.41, 5.74) is 0. The standard InChI is InChI=1S/C10H16Br2O4/c1-9(2,11)8(15)16-6-4-5-10(3,12)7(13)14/h4-6H2,1-3H3,(H,13,14). The van der Waals surface area contributed by atoms with E-state index in [1.165, 1.54) is 0 Å². The van der Waals surface area contributed by atoms with E-state index in [1.54, 1.807) is 20.8 Å². The summed E-state index contributed by atoms with van der Waals surface area (Å²) in [5, 5.41) is 8.82. The van der Waals surface area contributed by atoms with Crippen molar-refractivity contribution in [3.05, 3.63) is 0 Å². The SMILES string of the molecule is CC(C)(Br)C(=O)OCCCC(C)(Br)C(=O)O. The predicted molar refractivity (Wildman–Crippen MR) is 68.2 cm³/mol. The van der Waals surface area contributed by atoms with Crippen LogP contribution in [0.2, 0.25) is 0 Å². The second-order valence-electron chi connectivity index (χ2n) is 4.21. The molecular weight excluding hydrogens is 344 g/mol. The van der Waals surface area contributed by atoms with Gasteiger partial charge in [-0.15, -0.1) is 0 Å². The molecule has 0 aliphatic carbocycles. The number of carbonyl (C=O) groups is 2. The first-order chi connectivity index (χ1) is 7.07. The van der Waals surface area contributed by atoms with E-state index < -0.39 is 14.6 Å². The molecule has 0 fully saturated rings. The quantitative estimate of drug-likeness (QED) is 0.450. The van der Waals surface area contributed by atoms with Gasteiger partial charge in [0.1, 0.15) is 8.65 Å². The number of aliphatic carboxylic acids is 1. The Bertz CT molecular complexity index is 268. The Balaban J connectivity index is 3.86. The Morgan fingerprint density at radius 3 is 2.12 bits per heavy atom. The van der Waals surface area contributed by atoms with Gasteiger partial charge in [-0.05, 0) is 33.6 Å². The number of hydrogen-bond acceptors (Lipinski definition) is 3. The molecule has 0 radical (unpaired) electrons. The monoisotopic (exact) mass is 358 g/mol. The first-order valence-electron chi connectivity index (χ1n) is 4.86. The molecule has 4 nitrogen and oxygen atoms in total. The van der Waals surface area contributed by atoms with Crippen LogP contribution in [0.1, 0.15) is 33.6 Å². The molecule has 0 aliphatic heterocycles. The van der Waals surface area contributed by atoms with Gasteiger partial charge in [-0.2, -0.15) is 0 Å². The van der Waals surface area contributed by atoms with Crippen molar-refractivity contribution in [3.63, 3.8) is 0 Å². The highest BCUT2D eigenvalue weighted by Crippen LogP contribution is 2.24. The summed E-state index contributed by atoms with van der Waals surface area (Å²) in [5.74, 6) is -1.27. The molecule has 16 heavy (non-hydrogen) atoms. The molecule has 0 aromatic carbocycles. The summed E-state index contributed by atoms with van der Waals surface area (Å²) in [6.07, 6.45) is 0.904.